The zero-order chi connectivity index (χ0) is 26.9. The molecule has 3 aliphatic heterocycles. The molecule has 0 N–H and O–H groups in total. The van der Waals surface area contributed by atoms with Crippen LogP contribution in [0.2, 0.25) is 0 Å². The zero-order valence-corrected chi connectivity index (χ0v) is 22.1. The van der Waals surface area contributed by atoms with Gasteiger partial charge in [0.05, 0.1) is 0 Å². The largest absolute Gasteiger partial charge is 0.459 e. The van der Waals surface area contributed by atoms with Gasteiger partial charge in [0.25, 0.3) is 13.4 Å². The molecular weight excluding hydrogens is 502 g/mol. The van der Waals surface area contributed by atoms with Crippen molar-refractivity contribution in [3.8, 4) is 45.6 Å². The first-order valence-electron chi connectivity index (χ1n) is 14.0. The maximum atomic E-state index is 6.89. The Bertz CT molecular complexity index is 1990. The Hall–Kier alpha value is -5.15. The van der Waals surface area contributed by atoms with Gasteiger partial charge in [-0.1, -0.05) is 115 Å². The molecule has 3 heterocycles. The monoisotopic (exact) mass is 524 g/mol. The molecule has 0 bridgehead atoms. The Morgan fingerprint density at radius 3 is 1.39 bits per heavy atom. The summed E-state index contributed by atoms with van der Waals surface area (Å²) in [6, 6.07) is 46.4. The highest BCUT2D eigenvalue weighted by Crippen LogP contribution is 2.39. The number of benzene rings is 6. The van der Waals surface area contributed by atoms with E-state index in [0.29, 0.717) is 0 Å². The minimum atomic E-state index is -0.102. The van der Waals surface area contributed by atoms with Crippen LogP contribution in [0.5, 0.6) is 34.5 Å². The summed E-state index contributed by atoms with van der Waals surface area (Å²) < 4.78 is 20.1. The molecule has 41 heavy (non-hydrogen) atoms. The molecule has 3 nitrogen and oxygen atoms in total. The van der Waals surface area contributed by atoms with Crippen molar-refractivity contribution in [1.29, 1.82) is 0 Å². The third-order valence-corrected chi connectivity index (χ3v) is 8.56. The first-order chi connectivity index (χ1) is 20.3. The molecule has 6 aromatic rings. The molecule has 9 rings (SSSR count). The average molecular weight is 524 g/mol. The first kappa shape index (κ1) is 22.6. The fraction of sp³-hybridized carbons (Fsp3) is 0. The minimum Gasteiger partial charge on any atom is -0.459 e. The van der Waals surface area contributed by atoms with Crippen molar-refractivity contribution in [2.75, 3.05) is 0 Å². The summed E-state index contributed by atoms with van der Waals surface area (Å²) in [6.45, 7) is -0.0999. The topological polar surface area (TPSA) is 27.7 Å². The summed E-state index contributed by atoms with van der Waals surface area (Å²) in [7, 11) is 0. The molecule has 5 heteroatoms. The Morgan fingerprint density at radius 2 is 0.805 bits per heavy atom. The van der Waals surface area contributed by atoms with Gasteiger partial charge in [-0.05, 0) is 45.7 Å². The van der Waals surface area contributed by atoms with Gasteiger partial charge >= 0.3 is 0 Å². The van der Waals surface area contributed by atoms with E-state index in [9.17, 15) is 0 Å². The summed E-state index contributed by atoms with van der Waals surface area (Å²) in [4.78, 5) is 0. The average Bonchev–Trinajstić information content (AvgIpc) is 3.04. The number of ether oxygens (including phenoxy) is 3. The highest BCUT2D eigenvalue weighted by atomic mass is 16.5. The van der Waals surface area contributed by atoms with Gasteiger partial charge in [0.15, 0.2) is 0 Å². The molecule has 3 aliphatic rings. The maximum absolute atomic E-state index is 6.89. The third kappa shape index (κ3) is 3.29. The van der Waals surface area contributed by atoms with Gasteiger partial charge in [0, 0.05) is 17.0 Å². The van der Waals surface area contributed by atoms with Gasteiger partial charge in [-0.3, -0.25) is 0 Å². The van der Waals surface area contributed by atoms with Crippen molar-refractivity contribution < 1.29 is 14.2 Å². The molecule has 0 radical (unpaired) electrons. The van der Waals surface area contributed by atoms with Crippen LogP contribution in [0, 0.1) is 0 Å². The van der Waals surface area contributed by atoms with Gasteiger partial charge in [-0.15, -0.1) is 0 Å². The number of hydrogen-bond acceptors (Lipinski definition) is 3. The molecule has 0 atom stereocenters. The fourth-order valence-electron chi connectivity index (χ4n) is 6.84. The molecule has 0 saturated carbocycles. The predicted octanol–water partition coefficient (Wildman–Crippen LogP) is 4.70. The van der Waals surface area contributed by atoms with E-state index in [1.807, 2.05) is 24.3 Å². The van der Waals surface area contributed by atoms with Gasteiger partial charge in [-0.2, -0.15) is 0 Å². The number of rotatable bonds is 2. The van der Waals surface area contributed by atoms with Crippen LogP contribution < -0.4 is 47.0 Å². The highest BCUT2D eigenvalue weighted by Gasteiger charge is 2.46. The molecule has 0 saturated heterocycles. The van der Waals surface area contributed by atoms with Crippen LogP contribution in [0.4, 0.5) is 0 Å². The Kier molecular flexibility index (Phi) is 4.79. The Labute approximate surface area is 239 Å². The summed E-state index contributed by atoms with van der Waals surface area (Å²) in [5, 5.41) is 0. The Morgan fingerprint density at radius 1 is 0.366 bits per heavy atom. The second-order valence-corrected chi connectivity index (χ2v) is 10.8. The van der Waals surface area contributed by atoms with Crippen LogP contribution in [-0.4, -0.2) is 13.4 Å². The quantitative estimate of drug-likeness (QED) is 0.307. The summed E-state index contributed by atoms with van der Waals surface area (Å²) in [5.74, 6) is 4.97. The molecule has 190 valence electrons. The smallest absolute Gasteiger partial charge is 0.260 e. The number of hydrogen-bond donors (Lipinski definition) is 0. The van der Waals surface area contributed by atoms with Crippen molar-refractivity contribution in [3.05, 3.63) is 133 Å². The van der Waals surface area contributed by atoms with Crippen LogP contribution in [-0.2, 0) is 0 Å². The van der Waals surface area contributed by atoms with E-state index in [0.717, 1.165) is 61.8 Å². The second kappa shape index (κ2) is 8.67. The van der Waals surface area contributed by atoms with Crippen molar-refractivity contribution in [2.45, 2.75) is 0 Å². The molecule has 0 aromatic heterocycles. The maximum Gasteiger partial charge on any atom is 0.260 e. The van der Waals surface area contributed by atoms with E-state index in [2.05, 4.69) is 109 Å². The highest BCUT2D eigenvalue weighted by molar-refractivity contribution is 7.01. The molecule has 0 amide bonds. The van der Waals surface area contributed by atoms with E-state index in [1.54, 1.807) is 0 Å². The molecule has 6 aromatic carbocycles. The van der Waals surface area contributed by atoms with Crippen LogP contribution >= 0.6 is 0 Å². The molecule has 0 fully saturated rings. The van der Waals surface area contributed by atoms with E-state index >= 15 is 0 Å². The molecule has 0 unspecified atom stereocenters. The Balaban J connectivity index is 1.36. The second-order valence-electron chi connectivity index (χ2n) is 10.8. The fourth-order valence-corrected chi connectivity index (χ4v) is 6.84. The van der Waals surface area contributed by atoms with E-state index in [-0.39, 0.29) is 13.4 Å². The van der Waals surface area contributed by atoms with Gasteiger partial charge in [0.2, 0.25) is 0 Å². The van der Waals surface area contributed by atoms with Gasteiger partial charge in [0.1, 0.15) is 34.5 Å². The summed E-state index contributed by atoms with van der Waals surface area (Å²) in [6.07, 6.45) is 0. The van der Waals surface area contributed by atoms with Gasteiger partial charge < -0.3 is 14.2 Å². The van der Waals surface area contributed by atoms with E-state index in [1.165, 1.54) is 16.6 Å². The number of fused-ring (bicyclic) bond motifs is 7. The lowest BCUT2D eigenvalue weighted by Crippen LogP contribution is -2.62. The SMILES string of the molecule is c1ccc(-c2ccccc2B2c3ccccc3Oc3cc4c5c(c32)Oc2ccccc2B5c2ccccc2O4)cc1. The van der Waals surface area contributed by atoms with Crippen LogP contribution in [0.3, 0.4) is 0 Å². The molecular formula is C36H22B2O3. The lowest BCUT2D eigenvalue weighted by molar-refractivity contribution is 0.447. The van der Waals surface area contributed by atoms with Crippen LogP contribution in [0.15, 0.2) is 133 Å². The van der Waals surface area contributed by atoms with Crippen LogP contribution in [0.25, 0.3) is 11.1 Å². The van der Waals surface area contributed by atoms with Crippen molar-refractivity contribution in [3.63, 3.8) is 0 Å². The zero-order valence-electron chi connectivity index (χ0n) is 22.1. The predicted molar refractivity (Wildman–Crippen MR) is 167 cm³/mol. The third-order valence-electron chi connectivity index (χ3n) is 8.56. The van der Waals surface area contributed by atoms with E-state index in [4.69, 9.17) is 14.2 Å². The molecule has 0 aliphatic carbocycles. The summed E-state index contributed by atoms with van der Waals surface area (Å²) in [5.41, 5.74) is 9.10. The number of para-hydroxylation sites is 3. The summed E-state index contributed by atoms with van der Waals surface area (Å²) >= 11 is 0. The van der Waals surface area contributed by atoms with Crippen molar-refractivity contribution in [1.82, 2.24) is 0 Å². The van der Waals surface area contributed by atoms with Crippen molar-refractivity contribution in [2.24, 2.45) is 0 Å². The standard InChI is InChI=1S/C36H22B2O3/c1-2-12-23(13-3-1)24-14-4-5-15-25(24)37-26-16-6-9-19-29(26)39-32-22-33-35-36(34(32)37)41-31-21-11-8-18-28(31)38(35)27-17-7-10-20-30(27)40-33/h1-22H. The lowest BCUT2D eigenvalue weighted by Gasteiger charge is -2.37. The normalized spacial score (nSPS) is 13.4. The van der Waals surface area contributed by atoms with E-state index < -0.39 is 0 Å². The minimum absolute atomic E-state index is 0.00221. The van der Waals surface area contributed by atoms with Crippen LogP contribution in [0.1, 0.15) is 0 Å². The molecule has 0 spiro atoms. The first-order valence-corrected chi connectivity index (χ1v) is 14.0. The lowest BCUT2D eigenvalue weighted by atomic mass is 9.31. The van der Waals surface area contributed by atoms with Crippen molar-refractivity contribution >= 4 is 46.2 Å². The van der Waals surface area contributed by atoms with Gasteiger partial charge in [-0.25, -0.2) is 0 Å².